The fourth-order valence-electron chi connectivity index (χ4n) is 8.40. The molecule has 0 aliphatic heterocycles. The molecular weight excluding hydrogens is 555 g/mol. The van der Waals surface area contributed by atoms with E-state index in [1.165, 1.54) is 93.5 Å². The molecule has 1 aliphatic rings. The van der Waals surface area contributed by atoms with Gasteiger partial charge in [-0.1, -0.05) is 141 Å². The highest BCUT2D eigenvalue weighted by Gasteiger charge is 2.40. The second-order valence-electron chi connectivity index (χ2n) is 13.3. The zero-order chi connectivity index (χ0) is 30.6. The standard InChI is InChI=1S/C45H31N/c1-45(2)39-14-7-6-13-37(39)44-43(45)38-27-33(23-26-40(38)46(44)34-11-4-3-5-12-34)28-15-17-29(18-16-28)35-24-21-32-20-19-30-9-8-10-31-22-25-36(35)42(32)41(30)31/h3-27H,1-2H3. The van der Waals surface area contributed by atoms with Gasteiger partial charge in [-0.05, 0) is 90.0 Å². The Morgan fingerprint density at radius 3 is 1.91 bits per heavy atom. The minimum absolute atomic E-state index is 0.0955. The normalized spacial score (nSPS) is 13.6. The van der Waals surface area contributed by atoms with E-state index in [-0.39, 0.29) is 5.41 Å². The summed E-state index contributed by atoms with van der Waals surface area (Å²) in [5, 5.41) is 9.28. The van der Waals surface area contributed by atoms with E-state index in [2.05, 4.69) is 170 Å². The van der Waals surface area contributed by atoms with E-state index < -0.39 is 0 Å². The van der Waals surface area contributed by atoms with Gasteiger partial charge in [0.1, 0.15) is 0 Å². The lowest BCUT2D eigenvalue weighted by atomic mass is 9.81. The summed E-state index contributed by atoms with van der Waals surface area (Å²) in [4.78, 5) is 0. The lowest BCUT2D eigenvalue weighted by Crippen LogP contribution is -2.14. The van der Waals surface area contributed by atoms with Crippen LogP contribution < -0.4 is 0 Å². The Morgan fingerprint density at radius 2 is 1.11 bits per heavy atom. The molecule has 0 atom stereocenters. The number of hydrogen-bond acceptors (Lipinski definition) is 0. The maximum Gasteiger partial charge on any atom is 0.0584 e. The van der Waals surface area contributed by atoms with E-state index >= 15 is 0 Å². The molecule has 1 heterocycles. The van der Waals surface area contributed by atoms with Crippen LogP contribution in [-0.4, -0.2) is 4.57 Å². The van der Waals surface area contributed by atoms with Gasteiger partial charge in [-0.25, -0.2) is 0 Å². The van der Waals surface area contributed by atoms with Gasteiger partial charge < -0.3 is 4.57 Å². The molecule has 0 radical (unpaired) electrons. The minimum atomic E-state index is -0.0955. The fraction of sp³-hybridized carbons (Fsp3) is 0.0667. The molecule has 0 bridgehead atoms. The predicted molar refractivity (Wildman–Crippen MR) is 195 cm³/mol. The van der Waals surface area contributed by atoms with E-state index in [4.69, 9.17) is 0 Å². The van der Waals surface area contributed by atoms with Crippen LogP contribution in [0.5, 0.6) is 0 Å². The molecule has 46 heavy (non-hydrogen) atoms. The summed E-state index contributed by atoms with van der Waals surface area (Å²) in [6, 6.07) is 56.2. The second-order valence-corrected chi connectivity index (χ2v) is 13.3. The SMILES string of the molecule is CC1(C)c2ccccc2-c2c1c1cc(-c3ccc(-c4ccc5ccc6cccc7ccc4c5c67)cc3)ccc1n2-c1ccccc1. The Hall–Kier alpha value is -5.66. The minimum Gasteiger partial charge on any atom is -0.309 e. The van der Waals surface area contributed by atoms with Crippen LogP contribution in [0.1, 0.15) is 25.0 Å². The largest absolute Gasteiger partial charge is 0.309 e. The number of nitrogens with zero attached hydrogens (tertiary/aromatic N) is 1. The van der Waals surface area contributed by atoms with Gasteiger partial charge in [0.25, 0.3) is 0 Å². The molecule has 8 aromatic carbocycles. The van der Waals surface area contributed by atoms with Crippen molar-refractivity contribution in [1.29, 1.82) is 0 Å². The van der Waals surface area contributed by atoms with Crippen LogP contribution in [0, 0.1) is 0 Å². The van der Waals surface area contributed by atoms with Crippen LogP contribution in [0.2, 0.25) is 0 Å². The number of benzene rings is 8. The molecule has 9 aromatic rings. The van der Waals surface area contributed by atoms with Gasteiger partial charge in [0, 0.05) is 22.1 Å². The van der Waals surface area contributed by atoms with Gasteiger partial charge in [0.15, 0.2) is 0 Å². The summed E-state index contributed by atoms with van der Waals surface area (Å²) in [5.41, 5.74) is 12.8. The van der Waals surface area contributed by atoms with Crippen LogP contribution in [0.15, 0.2) is 152 Å². The number of fused-ring (bicyclic) bond motifs is 5. The van der Waals surface area contributed by atoms with Crippen molar-refractivity contribution in [3.8, 4) is 39.2 Å². The lowest BCUT2D eigenvalue weighted by molar-refractivity contribution is 0.666. The summed E-state index contributed by atoms with van der Waals surface area (Å²) < 4.78 is 2.47. The molecule has 0 saturated heterocycles. The summed E-state index contributed by atoms with van der Waals surface area (Å²) in [6.07, 6.45) is 0. The Morgan fingerprint density at radius 1 is 0.457 bits per heavy atom. The highest BCUT2D eigenvalue weighted by Crippen LogP contribution is 2.54. The Kier molecular flexibility index (Phi) is 5.12. The maximum absolute atomic E-state index is 2.47. The quantitative estimate of drug-likeness (QED) is 0.182. The highest BCUT2D eigenvalue weighted by atomic mass is 15.0. The Balaban J connectivity index is 1.13. The van der Waals surface area contributed by atoms with E-state index in [0.29, 0.717) is 0 Å². The summed E-state index contributed by atoms with van der Waals surface area (Å²) in [7, 11) is 0. The van der Waals surface area contributed by atoms with Crippen molar-refractivity contribution >= 4 is 43.2 Å². The smallest absolute Gasteiger partial charge is 0.0584 e. The highest BCUT2D eigenvalue weighted by molar-refractivity contribution is 6.25. The number of rotatable bonds is 3. The van der Waals surface area contributed by atoms with Crippen molar-refractivity contribution in [2.45, 2.75) is 19.3 Å². The van der Waals surface area contributed by atoms with Crippen molar-refractivity contribution in [3.63, 3.8) is 0 Å². The van der Waals surface area contributed by atoms with Crippen LogP contribution in [0.3, 0.4) is 0 Å². The molecule has 1 aromatic heterocycles. The van der Waals surface area contributed by atoms with Gasteiger partial charge in [-0.3, -0.25) is 0 Å². The first-order valence-electron chi connectivity index (χ1n) is 16.2. The van der Waals surface area contributed by atoms with Crippen molar-refractivity contribution in [2.24, 2.45) is 0 Å². The van der Waals surface area contributed by atoms with Gasteiger partial charge in [0.05, 0.1) is 11.2 Å². The molecule has 0 unspecified atom stereocenters. The summed E-state index contributed by atoms with van der Waals surface area (Å²) in [5.74, 6) is 0. The third-order valence-corrected chi connectivity index (χ3v) is 10.5. The van der Waals surface area contributed by atoms with Gasteiger partial charge in [-0.2, -0.15) is 0 Å². The molecule has 216 valence electrons. The second kappa shape index (κ2) is 9.19. The molecular formula is C45H31N. The third-order valence-electron chi connectivity index (χ3n) is 10.5. The molecule has 1 nitrogen and oxygen atoms in total. The Bertz CT molecular complexity index is 2620. The average Bonchev–Trinajstić information content (AvgIpc) is 3.57. The molecule has 1 aliphatic carbocycles. The molecule has 10 rings (SSSR count). The Labute approximate surface area is 268 Å². The van der Waals surface area contributed by atoms with Gasteiger partial charge >= 0.3 is 0 Å². The molecule has 0 saturated carbocycles. The summed E-state index contributed by atoms with van der Waals surface area (Å²) >= 11 is 0. The van der Waals surface area contributed by atoms with E-state index in [9.17, 15) is 0 Å². The summed E-state index contributed by atoms with van der Waals surface area (Å²) in [6.45, 7) is 4.76. The average molecular weight is 586 g/mol. The van der Waals surface area contributed by atoms with E-state index in [1.807, 2.05) is 0 Å². The van der Waals surface area contributed by atoms with E-state index in [1.54, 1.807) is 0 Å². The van der Waals surface area contributed by atoms with Crippen molar-refractivity contribution in [2.75, 3.05) is 0 Å². The van der Waals surface area contributed by atoms with Crippen LogP contribution in [0.25, 0.3) is 82.4 Å². The zero-order valence-electron chi connectivity index (χ0n) is 25.9. The molecule has 0 spiro atoms. The van der Waals surface area contributed by atoms with Crippen LogP contribution in [0.4, 0.5) is 0 Å². The lowest BCUT2D eigenvalue weighted by Gasteiger charge is -2.21. The molecule has 0 amide bonds. The first-order chi connectivity index (χ1) is 22.6. The predicted octanol–water partition coefficient (Wildman–Crippen LogP) is 12.2. The first kappa shape index (κ1) is 25.6. The fourth-order valence-corrected chi connectivity index (χ4v) is 8.40. The number of para-hydroxylation sites is 1. The zero-order valence-corrected chi connectivity index (χ0v) is 25.9. The van der Waals surface area contributed by atoms with Gasteiger partial charge in [0.2, 0.25) is 0 Å². The third kappa shape index (κ3) is 3.40. The van der Waals surface area contributed by atoms with Crippen molar-refractivity contribution in [3.05, 3.63) is 163 Å². The maximum atomic E-state index is 2.47. The topological polar surface area (TPSA) is 4.93 Å². The van der Waals surface area contributed by atoms with Crippen LogP contribution >= 0.6 is 0 Å². The number of hydrogen-bond donors (Lipinski definition) is 0. The molecule has 1 heteroatoms. The van der Waals surface area contributed by atoms with Crippen LogP contribution in [-0.2, 0) is 5.41 Å². The molecule has 0 N–H and O–H groups in total. The van der Waals surface area contributed by atoms with E-state index in [0.717, 1.165) is 0 Å². The van der Waals surface area contributed by atoms with Crippen molar-refractivity contribution < 1.29 is 0 Å². The van der Waals surface area contributed by atoms with Gasteiger partial charge in [-0.15, -0.1) is 0 Å². The van der Waals surface area contributed by atoms with Crippen molar-refractivity contribution in [1.82, 2.24) is 4.57 Å². The first-order valence-corrected chi connectivity index (χ1v) is 16.2. The molecule has 0 fully saturated rings. The monoisotopic (exact) mass is 585 g/mol. The number of aromatic nitrogens is 1.